The first kappa shape index (κ1) is 23.4. The van der Waals surface area contributed by atoms with E-state index in [9.17, 15) is 4.79 Å². The van der Waals surface area contributed by atoms with Crippen molar-refractivity contribution in [3.8, 4) is 22.9 Å². The van der Waals surface area contributed by atoms with Crippen molar-refractivity contribution in [2.75, 3.05) is 26.8 Å². The van der Waals surface area contributed by atoms with Gasteiger partial charge in [-0.15, -0.1) is 0 Å². The van der Waals surface area contributed by atoms with Gasteiger partial charge >= 0.3 is 0 Å². The Bertz CT molecular complexity index is 1140. The zero-order valence-electron chi connectivity index (χ0n) is 20.3. The molecule has 2 aliphatic heterocycles. The number of likely N-dealkylation sites (tertiary alicyclic amines) is 1. The predicted octanol–water partition coefficient (Wildman–Crippen LogP) is 4.34. The van der Waals surface area contributed by atoms with Crippen LogP contribution in [0, 0.1) is 0 Å². The number of benzene rings is 2. The number of aromatic nitrogens is 2. The van der Waals surface area contributed by atoms with E-state index in [1.807, 2.05) is 48.2 Å². The highest BCUT2D eigenvalue weighted by Gasteiger charge is 2.35. The molecule has 0 unspecified atom stereocenters. The molecule has 2 atom stereocenters. The number of piperidine rings is 1. The fraction of sp³-hybridized carbons (Fsp3) is 0.444. The third kappa shape index (κ3) is 5.03. The van der Waals surface area contributed by atoms with Crippen LogP contribution in [0.5, 0.6) is 11.5 Å². The van der Waals surface area contributed by atoms with Gasteiger partial charge < -0.3 is 18.9 Å². The minimum Gasteiger partial charge on any atom is -0.493 e. The summed E-state index contributed by atoms with van der Waals surface area (Å²) < 4.78 is 16.6. The number of methoxy groups -OCH3 is 1. The predicted molar refractivity (Wildman–Crippen MR) is 131 cm³/mol. The van der Waals surface area contributed by atoms with Gasteiger partial charge in [-0.25, -0.2) is 0 Å². The normalized spacial score (nSPS) is 20.7. The Morgan fingerprint density at radius 1 is 1.09 bits per heavy atom. The molecule has 0 spiro atoms. The third-order valence-corrected chi connectivity index (χ3v) is 6.97. The summed E-state index contributed by atoms with van der Waals surface area (Å²) >= 11 is 0. The molecule has 184 valence electrons. The zero-order valence-corrected chi connectivity index (χ0v) is 20.3. The summed E-state index contributed by atoms with van der Waals surface area (Å²) in [5.74, 6) is 2.84. The van der Waals surface area contributed by atoms with Crippen LogP contribution in [0.2, 0.25) is 0 Å². The molecule has 3 heterocycles. The van der Waals surface area contributed by atoms with Crippen molar-refractivity contribution in [2.45, 2.75) is 50.6 Å². The number of carbonyl (C=O) groups is 1. The number of hydrogen-bond donors (Lipinski definition) is 1. The molecule has 1 N–H and O–H groups in total. The number of ether oxygens (including phenoxy) is 2. The lowest BCUT2D eigenvalue weighted by molar-refractivity contribution is -0.134. The van der Waals surface area contributed by atoms with Gasteiger partial charge in [0.1, 0.15) is 0 Å². The van der Waals surface area contributed by atoms with Crippen LogP contribution in [0.15, 0.2) is 53.1 Å². The molecule has 2 aliphatic rings. The topological polar surface area (TPSA) is 89.7 Å². The molecule has 3 aromatic rings. The van der Waals surface area contributed by atoms with Gasteiger partial charge in [0, 0.05) is 30.6 Å². The molecule has 0 radical (unpaired) electrons. The van der Waals surface area contributed by atoms with Crippen molar-refractivity contribution in [3.05, 3.63) is 60.0 Å². The van der Waals surface area contributed by atoms with Gasteiger partial charge in [-0.3, -0.25) is 10.1 Å². The Morgan fingerprint density at radius 3 is 2.63 bits per heavy atom. The summed E-state index contributed by atoms with van der Waals surface area (Å²) in [6.07, 6.45) is 3.48. The third-order valence-electron chi connectivity index (χ3n) is 6.97. The smallest absolute Gasteiger partial charge is 0.239 e. The quantitative estimate of drug-likeness (QED) is 0.542. The molecule has 2 aromatic carbocycles. The lowest BCUT2D eigenvalue weighted by Gasteiger charge is -2.32. The van der Waals surface area contributed by atoms with E-state index in [0.717, 1.165) is 31.2 Å². The van der Waals surface area contributed by atoms with Crippen molar-refractivity contribution in [3.63, 3.8) is 0 Å². The van der Waals surface area contributed by atoms with Crippen LogP contribution in [-0.2, 0) is 4.79 Å². The van der Waals surface area contributed by atoms with Gasteiger partial charge in [-0.1, -0.05) is 35.5 Å². The number of amides is 1. The lowest BCUT2D eigenvalue weighted by atomic mass is 9.96. The Kier molecular flexibility index (Phi) is 6.99. The molecule has 5 rings (SSSR count). The van der Waals surface area contributed by atoms with Crippen molar-refractivity contribution >= 4 is 5.91 Å². The van der Waals surface area contributed by atoms with E-state index in [-0.39, 0.29) is 23.9 Å². The standard InChI is InChI=1S/C27H32N4O4/c1-3-34-23-12-9-20(17-24(23)33-2)25-29-26(35-30-25)19-13-15-31(16-14-19)27(32)22-11-10-21(28-22)18-7-5-4-6-8-18/h4-9,12,17,19,21-22,28H,3,10-11,13-16H2,1-2H3/t21-,22+/m1/s1. The average Bonchev–Trinajstić information content (AvgIpc) is 3.60. The summed E-state index contributed by atoms with van der Waals surface area (Å²) in [6, 6.07) is 16.1. The van der Waals surface area contributed by atoms with Crippen molar-refractivity contribution in [2.24, 2.45) is 0 Å². The number of hydrogen-bond acceptors (Lipinski definition) is 7. The van der Waals surface area contributed by atoms with E-state index in [1.54, 1.807) is 7.11 Å². The van der Waals surface area contributed by atoms with Crippen molar-refractivity contribution in [1.29, 1.82) is 0 Å². The van der Waals surface area contributed by atoms with Crippen LogP contribution < -0.4 is 14.8 Å². The molecule has 2 saturated heterocycles. The maximum atomic E-state index is 13.1. The van der Waals surface area contributed by atoms with Gasteiger partial charge in [-0.05, 0) is 56.4 Å². The maximum Gasteiger partial charge on any atom is 0.239 e. The van der Waals surface area contributed by atoms with Gasteiger partial charge in [0.25, 0.3) is 0 Å². The monoisotopic (exact) mass is 476 g/mol. The molecular formula is C27H32N4O4. The second-order valence-electron chi connectivity index (χ2n) is 9.11. The van der Waals surface area contributed by atoms with Gasteiger partial charge in [0.15, 0.2) is 11.5 Å². The zero-order chi connectivity index (χ0) is 24.2. The number of rotatable bonds is 7. The van der Waals surface area contributed by atoms with E-state index in [2.05, 4.69) is 27.6 Å². The van der Waals surface area contributed by atoms with E-state index in [4.69, 9.17) is 14.0 Å². The molecule has 0 saturated carbocycles. The fourth-order valence-corrected chi connectivity index (χ4v) is 5.05. The first-order valence-electron chi connectivity index (χ1n) is 12.4. The van der Waals surface area contributed by atoms with Crippen LogP contribution in [0.1, 0.15) is 56.0 Å². The highest BCUT2D eigenvalue weighted by Crippen LogP contribution is 2.34. The molecule has 35 heavy (non-hydrogen) atoms. The van der Waals surface area contributed by atoms with Gasteiger partial charge in [0.05, 0.1) is 19.8 Å². The Morgan fingerprint density at radius 2 is 1.89 bits per heavy atom. The first-order valence-corrected chi connectivity index (χ1v) is 12.4. The largest absolute Gasteiger partial charge is 0.493 e. The van der Waals surface area contributed by atoms with Crippen LogP contribution in [0.4, 0.5) is 0 Å². The summed E-state index contributed by atoms with van der Waals surface area (Å²) in [4.78, 5) is 19.8. The van der Waals surface area contributed by atoms with E-state index < -0.39 is 0 Å². The SMILES string of the molecule is CCOc1ccc(-c2noc(C3CCN(C(=O)[C@@H]4CC[C@H](c5ccccc5)N4)CC3)n2)cc1OC. The molecule has 1 aromatic heterocycles. The molecular weight excluding hydrogens is 444 g/mol. The van der Waals surface area contributed by atoms with Crippen LogP contribution >= 0.6 is 0 Å². The molecule has 8 nitrogen and oxygen atoms in total. The number of nitrogens with one attached hydrogen (secondary N) is 1. The Balaban J connectivity index is 1.17. The van der Waals surface area contributed by atoms with Crippen molar-refractivity contribution < 1.29 is 18.8 Å². The van der Waals surface area contributed by atoms with Gasteiger partial charge in [0.2, 0.25) is 17.6 Å². The van der Waals surface area contributed by atoms with E-state index in [1.165, 1.54) is 5.56 Å². The lowest BCUT2D eigenvalue weighted by Crippen LogP contribution is -2.47. The minimum absolute atomic E-state index is 0.110. The van der Waals surface area contributed by atoms with Gasteiger partial charge in [-0.2, -0.15) is 4.98 Å². The fourth-order valence-electron chi connectivity index (χ4n) is 5.05. The summed E-state index contributed by atoms with van der Waals surface area (Å²) in [5.41, 5.74) is 2.06. The maximum absolute atomic E-state index is 13.1. The molecule has 1 amide bonds. The summed E-state index contributed by atoms with van der Waals surface area (Å²) in [5, 5.41) is 7.73. The Labute approximate surface area is 205 Å². The van der Waals surface area contributed by atoms with Crippen molar-refractivity contribution in [1.82, 2.24) is 20.4 Å². The summed E-state index contributed by atoms with van der Waals surface area (Å²) in [7, 11) is 1.61. The molecule has 8 heteroatoms. The number of carbonyl (C=O) groups excluding carboxylic acids is 1. The minimum atomic E-state index is -0.110. The first-order chi connectivity index (χ1) is 17.2. The van der Waals surface area contributed by atoms with E-state index >= 15 is 0 Å². The highest BCUT2D eigenvalue weighted by molar-refractivity contribution is 5.82. The Hall–Kier alpha value is -3.39. The average molecular weight is 477 g/mol. The van der Waals surface area contributed by atoms with Crippen LogP contribution in [-0.4, -0.2) is 53.8 Å². The molecule has 0 bridgehead atoms. The van der Waals surface area contributed by atoms with E-state index in [0.29, 0.717) is 42.9 Å². The summed E-state index contributed by atoms with van der Waals surface area (Å²) in [6.45, 7) is 3.90. The van der Waals surface area contributed by atoms with Crippen LogP contribution in [0.3, 0.4) is 0 Å². The number of nitrogens with zero attached hydrogens (tertiary/aromatic N) is 3. The second-order valence-corrected chi connectivity index (χ2v) is 9.11. The molecule has 2 fully saturated rings. The molecule has 0 aliphatic carbocycles. The highest BCUT2D eigenvalue weighted by atomic mass is 16.5. The second kappa shape index (κ2) is 10.5. The van der Waals surface area contributed by atoms with Crippen LogP contribution in [0.25, 0.3) is 11.4 Å².